The zero-order valence-corrected chi connectivity index (χ0v) is 15.8. The first-order valence-electron chi connectivity index (χ1n) is 5.28. The maximum Gasteiger partial charge on any atom is 0.306 e. The maximum absolute atomic E-state index is 10.7. The lowest BCUT2D eigenvalue weighted by atomic mass is 10.0. The Morgan fingerprint density at radius 3 is 2.29 bits per heavy atom. The first kappa shape index (κ1) is 15.9. The average molecular weight is 570 g/mol. The minimum atomic E-state index is -0.697. The Morgan fingerprint density at radius 2 is 1.82 bits per heavy atom. The number of hydrogen-bond acceptors (Lipinski definition) is 1. The Labute approximate surface area is 142 Å². The molecular formula is C12H13I3O2. The van der Waals surface area contributed by atoms with E-state index in [0.29, 0.717) is 0 Å². The van der Waals surface area contributed by atoms with Gasteiger partial charge < -0.3 is 5.11 Å². The van der Waals surface area contributed by atoms with Crippen molar-refractivity contribution in [2.45, 2.75) is 26.2 Å². The largest absolute Gasteiger partial charge is 0.481 e. The van der Waals surface area contributed by atoms with Gasteiger partial charge in [-0.15, -0.1) is 0 Å². The summed E-state index contributed by atoms with van der Waals surface area (Å²) in [5, 5.41) is 8.82. The molecule has 1 atom stereocenters. The second-order valence-corrected chi connectivity index (χ2v) is 7.55. The number of benzene rings is 1. The molecule has 1 aromatic rings. The van der Waals surface area contributed by atoms with Gasteiger partial charge in [0.15, 0.2) is 0 Å². The van der Waals surface area contributed by atoms with Crippen molar-refractivity contribution in [2.75, 3.05) is 0 Å². The summed E-state index contributed by atoms with van der Waals surface area (Å²) in [7, 11) is 0. The maximum atomic E-state index is 10.7. The van der Waals surface area contributed by atoms with Crippen LogP contribution >= 0.6 is 67.8 Å². The number of hydrogen-bond donors (Lipinski definition) is 1. The van der Waals surface area contributed by atoms with Crippen LogP contribution < -0.4 is 0 Å². The van der Waals surface area contributed by atoms with Crippen LogP contribution in [0.2, 0.25) is 0 Å². The Bertz CT molecular complexity index is 395. The molecule has 0 fully saturated rings. The summed E-state index contributed by atoms with van der Waals surface area (Å²) in [5.74, 6) is -0.939. The van der Waals surface area contributed by atoms with Crippen LogP contribution in [0.25, 0.3) is 0 Å². The standard InChI is InChI=1S/C12H13I3O2/c1-7(12(16)17)3-2-4-9-10(14)5-8(13)6-11(9)15/h5-7H,2-4H2,1H3,(H,16,17). The van der Waals surface area contributed by atoms with Gasteiger partial charge in [-0.3, -0.25) is 4.79 Å². The third kappa shape index (κ3) is 5.17. The van der Waals surface area contributed by atoms with E-state index >= 15 is 0 Å². The zero-order chi connectivity index (χ0) is 13.0. The molecule has 0 radical (unpaired) electrons. The van der Waals surface area contributed by atoms with Gasteiger partial charge in [-0.05, 0) is 105 Å². The molecule has 0 aromatic heterocycles. The predicted octanol–water partition coefficient (Wildman–Crippen LogP) is 4.54. The van der Waals surface area contributed by atoms with E-state index in [9.17, 15) is 4.79 Å². The van der Waals surface area contributed by atoms with Crippen molar-refractivity contribution in [1.29, 1.82) is 0 Å². The van der Waals surface area contributed by atoms with E-state index in [1.165, 1.54) is 16.3 Å². The first-order valence-corrected chi connectivity index (χ1v) is 8.51. The molecule has 0 saturated carbocycles. The summed E-state index contributed by atoms with van der Waals surface area (Å²) in [6.07, 6.45) is 2.64. The Hall–Kier alpha value is 0.880. The van der Waals surface area contributed by atoms with Gasteiger partial charge >= 0.3 is 5.97 Å². The summed E-state index contributed by atoms with van der Waals surface area (Å²) in [6.45, 7) is 1.77. The fourth-order valence-corrected chi connectivity index (χ4v) is 5.64. The quantitative estimate of drug-likeness (QED) is 0.529. The number of aliphatic carboxylic acids is 1. The second kappa shape index (κ2) is 7.46. The van der Waals surface area contributed by atoms with Crippen molar-refractivity contribution < 1.29 is 9.90 Å². The third-order valence-corrected chi connectivity index (χ3v) is 5.14. The third-order valence-electron chi connectivity index (χ3n) is 2.59. The monoisotopic (exact) mass is 570 g/mol. The van der Waals surface area contributed by atoms with Crippen LogP contribution in [0.3, 0.4) is 0 Å². The smallest absolute Gasteiger partial charge is 0.306 e. The molecule has 0 aliphatic rings. The fraction of sp³-hybridized carbons (Fsp3) is 0.417. The molecule has 0 spiro atoms. The highest BCUT2D eigenvalue weighted by Crippen LogP contribution is 2.24. The summed E-state index contributed by atoms with van der Waals surface area (Å²) in [4.78, 5) is 10.7. The van der Waals surface area contributed by atoms with Gasteiger partial charge in [0.1, 0.15) is 0 Å². The summed E-state index contributed by atoms with van der Waals surface area (Å²) >= 11 is 7.03. The van der Waals surface area contributed by atoms with Crippen molar-refractivity contribution in [2.24, 2.45) is 5.92 Å². The molecule has 0 aliphatic carbocycles. The van der Waals surface area contributed by atoms with E-state index in [-0.39, 0.29) is 5.92 Å². The SMILES string of the molecule is CC(CCCc1c(I)cc(I)cc1I)C(=O)O. The van der Waals surface area contributed by atoms with Gasteiger partial charge in [0, 0.05) is 10.7 Å². The Kier molecular flexibility index (Phi) is 7.00. The van der Waals surface area contributed by atoms with Crippen molar-refractivity contribution in [3.05, 3.63) is 28.4 Å². The topological polar surface area (TPSA) is 37.3 Å². The van der Waals surface area contributed by atoms with Gasteiger partial charge in [-0.25, -0.2) is 0 Å². The van der Waals surface area contributed by atoms with Gasteiger partial charge in [-0.2, -0.15) is 0 Å². The highest BCUT2D eigenvalue weighted by atomic mass is 127. The molecule has 2 nitrogen and oxygen atoms in total. The van der Waals surface area contributed by atoms with Crippen molar-refractivity contribution in [3.8, 4) is 0 Å². The second-order valence-electron chi connectivity index (χ2n) is 3.98. The van der Waals surface area contributed by atoms with Crippen LogP contribution in [0.15, 0.2) is 12.1 Å². The highest BCUT2D eigenvalue weighted by Gasteiger charge is 2.12. The minimum Gasteiger partial charge on any atom is -0.481 e. The number of carboxylic acid groups (broad SMARTS) is 1. The number of rotatable bonds is 5. The van der Waals surface area contributed by atoms with E-state index in [0.717, 1.165) is 19.3 Å². The molecule has 5 heteroatoms. The van der Waals surface area contributed by atoms with E-state index in [4.69, 9.17) is 5.11 Å². The van der Waals surface area contributed by atoms with Crippen molar-refractivity contribution in [3.63, 3.8) is 0 Å². The van der Waals surface area contributed by atoms with Gasteiger partial charge in [0.05, 0.1) is 5.92 Å². The minimum absolute atomic E-state index is 0.242. The molecule has 94 valence electrons. The van der Waals surface area contributed by atoms with Crippen LogP contribution in [0, 0.1) is 16.6 Å². The summed E-state index contributed by atoms with van der Waals surface area (Å²) in [6, 6.07) is 4.33. The highest BCUT2D eigenvalue weighted by molar-refractivity contribution is 14.1. The van der Waals surface area contributed by atoms with Crippen LogP contribution in [-0.4, -0.2) is 11.1 Å². The Balaban J connectivity index is 2.61. The molecule has 0 saturated heterocycles. The predicted molar refractivity (Wildman–Crippen MR) is 94.3 cm³/mol. The molecule has 0 amide bonds. The lowest BCUT2D eigenvalue weighted by molar-refractivity contribution is -0.141. The summed E-state index contributed by atoms with van der Waals surface area (Å²) < 4.78 is 3.81. The first-order chi connectivity index (χ1) is 7.91. The summed E-state index contributed by atoms with van der Waals surface area (Å²) in [5.41, 5.74) is 1.35. The molecule has 17 heavy (non-hydrogen) atoms. The average Bonchev–Trinajstić information content (AvgIpc) is 2.21. The lowest BCUT2D eigenvalue weighted by Gasteiger charge is -2.10. The normalized spacial score (nSPS) is 12.5. The fourth-order valence-electron chi connectivity index (χ4n) is 1.52. The van der Waals surface area contributed by atoms with Gasteiger partial charge in [-0.1, -0.05) is 6.92 Å². The van der Waals surface area contributed by atoms with Crippen LogP contribution in [0.4, 0.5) is 0 Å². The molecule has 1 N–H and O–H groups in total. The van der Waals surface area contributed by atoms with Crippen LogP contribution in [0.5, 0.6) is 0 Å². The zero-order valence-electron chi connectivity index (χ0n) is 9.34. The molecule has 1 aromatic carbocycles. The molecule has 1 rings (SSSR count). The van der Waals surface area contributed by atoms with Gasteiger partial charge in [0.25, 0.3) is 0 Å². The van der Waals surface area contributed by atoms with Crippen LogP contribution in [-0.2, 0) is 11.2 Å². The lowest BCUT2D eigenvalue weighted by Crippen LogP contribution is -2.09. The molecule has 0 heterocycles. The van der Waals surface area contributed by atoms with Crippen molar-refractivity contribution >= 4 is 73.7 Å². The number of carboxylic acids is 1. The Morgan fingerprint density at radius 1 is 1.29 bits per heavy atom. The van der Waals surface area contributed by atoms with E-state index in [1.807, 2.05) is 0 Å². The number of halogens is 3. The van der Waals surface area contributed by atoms with E-state index in [2.05, 4.69) is 79.9 Å². The van der Waals surface area contributed by atoms with Crippen molar-refractivity contribution in [1.82, 2.24) is 0 Å². The van der Waals surface area contributed by atoms with Gasteiger partial charge in [0.2, 0.25) is 0 Å². The molecule has 0 bridgehead atoms. The molecule has 1 unspecified atom stereocenters. The van der Waals surface area contributed by atoms with E-state index in [1.54, 1.807) is 6.92 Å². The molecular weight excluding hydrogens is 557 g/mol. The molecule has 0 aliphatic heterocycles. The van der Waals surface area contributed by atoms with Crippen LogP contribution in [0.1, 0.15) is 25.3 Å². The number of carbonyl (C=O) groups is 1. The van der Waals surface area contributed by atoms with E-state index < -0.39 is 5.97 Å².